The van der Waals surface area contributed by atoms with Crippen molar-refractivity contribution >= 4 is 22.9 Å². The topological polar surface area (TPSA) is 36.4 Å². The number of aliphatic hydroxyl groups is 1. The van der Waals surface area contributed by atoms with E-state index in [1.165, 1.54) is 18.4 Å². The first-order valence-electron chi connectivity index (χ1n) is 7.24. The van der Waals surface area contributed by atoms with Crippen molar-refractivity contribution in [3.8, 4) is 10.6 Å². The van der Waals surface area contributed by atoms with E-state index < -0.39 is 0 Å². The van der Waals surface area contributed by atoms with Gasteiger partial charge in [-0.2, -0.15) is 0 Å². The molecule has 3 rings (SSSR count). The van der Waals surface area contributed by atoms with Gasteiger partial charge in [-0.1, -0.05) is 18.2 Å². The van der Waals surface area contributed by atoms with Crippen LogP contribution in [0.5, 0.6) is 0 Å². The standard InChI is InChI=1S/C16H19ClN2OS/c17-9-14-11-21-16(18-14)13-3-1-2-12(8-13)10-19(6-7-20)15-4-5-15/h1-3,8,11,15,20H,4-7,9-10H2. The molecule has 0 spiro atoms. The van der Waals surface area contributed by atoms with E-state index in [4.69, 9.17) is 11.6 Å². The summed E-state index contributed by atoms with van der Waals surface area (Å²) in [6.07, 6.45) is 2.51. The fourth-order valence-corrected chi connectivity index (χ4v) is 3.54. The Kier molecular flexibility index (Phi) is 4.91. The highest BCUT2D eigenvalue weighted by atomic mass is 35.5. The van der Waals surface area contributed by atoms with Gasteiger partial charge in [-0.3, -0.25) is 4.90 Å². The van der Waals surface area contributed by atoms with Gasteiger partial charge in [0.1, 0.15) is 5.01 Å². The van der Waals surface area contributed by atoms with Gasteiger partial charge < -0.3 is 5.11 Å². The fourth-order valence-electron chi connectivity index (χ4n) is 2.50. The van der Waals surface area contributed by atoms with Crippen LogP contribution in [0.25, 0.3) is 10.6 Å². The summed E-state index contributed by atoms with van der Waals surface area (Å²) in [4.78, 5) is 6.90. The Morgan fingerprint density at radius 3 is 2.90 bits per heavy atom. The molecule has 0 saturated heterocycles. The van der Waals surface area contributed by atoms with Crippen LogP contribution >= 0.6 is 22.9 Å². The van der Waals surface area contributed by atoms with Crippen LogP contribution in [0.3, 0.4) is 0 Å². The number of alkyl halides is 1. The summed E-state index contributed by atoms with van der Waals surface area (Å²) in [7, 11) is 0. The summed E-state index contributed by atoms with van der Waals surface area (Å²) < 4.78 is 0. The number of halogens is 1. The number of nitrogens with zero attached hydrogens (tertiary/aromatic N) is 2. The quantitative estimate of drug-likeness (QED) is 0.793. The highest BCUT2D eigenvalue weighted by Gasteiger charge is 2.28. The molecule has 3 nitrogen and oxygen atoms in total. The van der Waals surface area contributed by atoms with Gasteiger partial charge in [0.2, 0.25) is 0 Å². The maximum atomic E-state index is 9.19. The largest absolute Gasteiger partial charge is 0.395 e. The lowest BCUT2D eigenvalue weighted by Crippen LogP contribution is -2.28. The molecule has 1 N–H and O–H groups in total. The Balaban J connectivity index is 1.75. The third-order valence-electron chi connectivity index (χ3n) is 3.70. The van der Waals surface area contributed by atoms with Crippen LogP contribution in [0.15, 0.2) is 29.6 Å². The first-order valence-corrected chi connectivity index (χ1v) is 8.66. The van der Waals surface area contributed by atoms with Crippen molar-refractivity contribution in [3.05, 3.63) is 40.9 Å². The molecule has 0 amide bonds. The Labute approximate surface area is 134 Å². The van der Waals surface area contributed by atoms with Crippen LogP contribution < -0.4 is 0 Å². The highest BCUT2D eigenvalue weighted by Crippen LogP contribution is 2.29. The molecule has 1 aromatic carbocycles. The van der Waals surface area contributed by atoms with Gasteiger partial charge in [-0.05, 0) is 24.5 Å². The summed E-state index contributed by atoms with van der Waals surface area (Å²) >= 11 is 7.45. The molecule has 0 aliphatic heterocycles. The average Bonchev–Trinajstić information content (AvgIpc) is 3.24. The maximum absolute atomic E-state index is 9.19. The average molecular weight is 323 g/mol. The molecule has 112 valence electrons. The van der Waals surface area contributed by atoms with Crippen molar-refractivity contribution in [3.63, 3.8) is 0 Å². The lowest BCUT2D eigenvalue weighted by molar-refractivity contribution is 0.183. The second kappa shape index (κ2) is 6.88. The van der Waals surface area contributed by atoms with Gasteiger partial charge in [0.15, 0.2) is 0 Å². The van der Waals surface area contributed by atoms with Crippen molar-refractivity contribution in [1.29, 1.82) is 0 Å². The Hall–Kier alpha value is -0.940. The van der Waals surface area contributed by atoms with Gasteiger partial charge in [-0.25, -0.2) is 4.98 Å². The number of hydrogen-bond acceptors (Lipinski definition) is 4. The fraction of sp³-hybridized carbons (Fsp3) is 0.438. The summed E-state index contributed by atoms with van der Waals surface area (Å²) in [6, 6.07) is 9.17. The Morgan fingerprint density at radius 2 is 2.24 bits per heavy atom. The molecular formula is C16H19ClN2OS. The van der Waals surface area contributed by atoms with E-state index in [0.717, 1.165) is 29.4 Å². The predicted octanol–water partition coefficient (Wildman–Crippen LogP) is 3.51. The monoisotopic (exact) mass is 322 g/mol. The molecule has 1 aliphatic rings. The van der Waals surface area contributed by atoms with Gasteiger partial charge in [0.05, 0.1) is 18.2 Å². The molecule has 1 saturated carbocycles. The molecule has 1 heterocycles. The van der Waals surface area contributed by atoms with Crippen molar-refractivity contribution in [1.82, 2.24) is 9.88 Å². The van der Waals surface area contributed by atoms with Crippen LogP contribution in [0.1, 0.15) is 24.1 Å². The summed E-state index contributed by atoms with van der Waals surface area (Å²) in [5.74, 6) is 0.460. The molecule has 21 heavy (non-hydrogen) atoms. The number of aliphatic hydroxyl groups excluding tert-OH is 1. The predicted molar refractivity (Wildman–Crippen MR) is 87.6 cm³/mol. The molecule has 0 unspecified atom stereocenters. The molecule has 1 aliphatic carbocycles. The third kappa shape index (κ3) is 3.83. The zero-order valence-electron chi connectivity index (χ0n) is 11.8. The molecule has 0 bridgehead atoms. The lowest BCUT2D eigenvalue weighted by atomic mass is 10.1. The summed E-state index contributed by atoms with van der Waals surface area (Å²) in [6.45, 7) is 1.87. The van der Waals surface area contributed by atoms with E-state index in [1.807, 2.05) is 5.38 Å². The maximum Gasteiger partial charge on any atom is 0.123 e. The highest BCUT2D eigenvalue weighted by molar-refractivity contribution is 7.13. The number of benzene rings is 1. The number of rotatable bonds is 7. The zero-order valence-corrected chi connectivity index (χ0v) is 13.4. The van der Waals surface area contributed by atoms with E-state index in [0.29, 0.717) is 11.9 Å². The normalized spacial score (nSPS) is 14.8. The van der Waals surface area contributed by atoms with Gasteiger partial charge >= 0.3 is 0 Å². The zero-order chi connectivity index (χ0) is 14.7. The van der Waals surface area contributed by atoms with Crippen LogP contribution in [0.2, 0.25) is 0 Å². The molecule has 1 fully saturated rings. The van der Waals surface area contributed by atoms with Crippen molar-refractivity contribution < 1.29 is 5.11 Å². The minimum absolute atomic E-state index is 0.224. The van der Waals surface area contributed by atoms with Crippen molar-refractivity contribution in [2.24, 2.45) is 0 Å². The molecule has 0 atom stereocenters. The molecular weight excluding hydrogens is 304 g/mol. The Bertz CT molecular complexity index is 597. The van der Waals surface area contributed by atoms with E-state index in [-0.39, 0.29) is 6.61 Å². The van der Waals surface area contributed by atoms with Gasteiger partial charge in [0.25, 0.3) is 0 Å². The minimum Gasteiger partial charge on any atom is -0.395 e. The van der Waals surface area contributed by atoms with E-state index >= 15 is 0 Å². The SMILES string of the molecule is OCCN(Cc1cccc(-c2nc(CCl)cs2)c1)C1CC1. The first kappa shape index (κ1) is 15.0. The van der Waals surface area contributed by atoms with Crippen LogP contribution in [-0.4, -0.2) is 34.2 Å². The van der Waals surface area contributed by atoms with Crippen LogP contribution in [-0.2, 0) is 12.4 Å². The Morgan fingerprint density at radius 1 is 1.38 bits per heavy atom. The second-order valence-corrected chi connectivity index (χ2v) is 6.53. The molecule has 1 aromatic heterocycles. The summed E-state index contributed by atoms with van der Waals surface area (Å²) in [5, 5.41) is 12.2. The van der Waals surface area contributed by atoms with Crippen molar-refractivity contribution in [2.45, 2.75) is 31.3 Å². The molecule has 2 aromatic rings. The van der Waals surface area contributed by atoms with Crippen LogP contribution in [0, 0.1) is 0 Å². The number of aromatic nitrogens is 1. The minimum atomic E-state index is 0.224. The third-order valence-corrected chi connectivity index (χ3v) is 4.91. The summed E-state index contributed by atoms with van der Waals surface area (Å²) in [5.41, 5.74) is 3.35. The lowest BCUT2D eigenvalue weighted by Gasteiger charge is -2.21. The van der Waals surface area contributed by atoms with E-state index in [9.17, 15) is 5.11 Å². The number of thiazole rings is 1. The molecule has 0 radical (unpaired) electrons. The number of hydrogen-bond donors (Lipinski definition) is 1. The second-order valence-electron chi connectivity index (χ2n) is 5.40. The smallest absolute Gasteiger partial charge is 0.123 e. The van der Waals surface area contributed by atoms with E-state index in [2.05, 4.69) is 34.1 Å². The first-order chi connectivity index (χ1) is 10.3. The van der Waals surface area contributed by atoms with Gasteiger partial charge in [-0.15, -0.1) is 22.9 Å². The van der Waals surface area contributed by atoms with E-state index in [1.54, 1.807) is 11.3 Å². The van der Waals surface area contributed by atoms with Gasteiger partial charge in [0, 0.05) is 30.1 Å². The van der Waals surface area contributed by atoms with Crippen molar-refractivity contribution in [2.75, 3.05) is 13.2 Å². The van der Waals surface area contributed by atoms with Crippen LogP contribution in [0.4, 0.5) is 0 Å². The molecule has 5 heteroatoms.